The van der Waals surface area contributed by atoms with Gasteiger partial charge in [-0.1, -0.05) is 59.6 Å². The summed E-state index contributed by atoms with van der Waals surface area (Å²) in [5, 5.41) is 0. The molecule has 2 atom stereocenters. The predicted molar refractivity (Wildman–Crippen MR) is 127 cm³/mol. The number of likely N-dealkylation sites (N-methyl/N-ethyl adjacent to an activating group) is 1. The van der Waals surface area contributed by atoms with Crippen LogP contribution in [0, 0.1) is 16.7 Å². The average Bonchev–Trinajstić information content (AvgIpc) is 2.64. The van der Waals surface area contributed by atoms with Gasteiger partial charge in [-0.2, -0.15) is 0 Å². The van der Waals surface area contributed by atoms with E-state index in [-0.39, 0.29) is 23.9 Å². The second-order valence-corrected chi connectivity index (χ2v) is 9.96. The number of carbonyl (C=O) groups excluding carboxylic acids is 2. The summed E-state index contributed by atoms with van der Waals surface area (Å²) in [6.07, 6.45) is 7.86. The summed E-state index contributed by atoms with van der Waals surface area (Å²) < 4.78 is 5.63. The van der Waals surface area contributed by atoms with Gasteiger partial charge < -0.3 is 14.4 Å². The normalized spacial score (nSPS) is 17.0. The van der Waals surface area contributed by atoms with Crippen LogP contribution in [0.4, 0.5) is 0 Å². The largest absolute Gasteiger partial charge is 0.457 e. The van der Waals surface area contributed by atoms with Crippen molar-refractivity contribution in [3.63, 3.8) is 0 Å². The van der Waals surface area contributed by atoms with E-state index in [9.17, 15) is 9.59 Å². The molecule has 0 aromatic carbocycles. The molecule has 0 amide bonds. The first-order valence-electron chi connectivity index (χ1n) is 11.1. The van der Waals surface area contributed by atoms with Crippen LogP contribution in [0.3, 0.4) is 0 Å². The van der Waals surface area contributed by atoms with Crippen LogP contribution in [0.25, 0.3) is 0 Å². The van der Waals surface area contributed by atoms with E-state index in [0.29, 0.717) is 5.70 Å². The summed E-state index contributed by atoms with van der Waals surface area (Å²) in [6, 6.07) is 0. The second-order valence-electron chi connectivity index (χ2n) is 9.96. The average molecular weight is 420 g/mol. The number of aldehydes is 1. The first-order valence-corrected chi connectivity index (χ1v) is 11.1. The Hall–Kier alpha value is -1.84. The summed E-state index contributed by atoms with van der Waals surface area (Å²) in [6.45, 7) is 18.9. The zero-order valence-corrected chi connectivity index (χ0v) is 21.3. The van der Waals surface area contributed by atoms with Gasteiger partial charge in [0.1, 0.15) is 18.6 Å². The molecule has 0 heterocycles. The third-order valence-electron chi connectivity index (χ3n) is 5.80. The van der Waals surface area contributed by atoms with Crippen molar-refractivity contribution in [2.45, 2.75) is 81.6 Å². The zero-order chi connectivity index (χ0) is 23.7. The smallest absolute Gasteiger partial charge is 0.354 e. The Labute approximate surface area is 185 Å². The molecular formula is C26H45NO3. The van der Waals surface area contributed by atoms with Gasteiger partial charge >= 0.3 is 5.97 Å². The van der Waals surface area contributed by atoms with Crippen molar-refractivity contribution < 1.29 is 14.3 Å². The number of hydrogen-bond acceptors (Lipinski definition) is 4. The molecule has 0 bridgehead atoms. The highest BCUT2D eigenvalue weighted by molar-refractivity contribution is 5.88. The van der Waals surface area contributed by atoms with Gasteiger partial charge in [0.05, 0.1) is 0 Å². The molecule has 0 N–H and O–H groups in total. The fourth-order valence-corrected chi connectivity index (χ4v) is 3.54. The highest BCUT2D eigenvalue weighted by Gasteiger charge is 2.28. The molecule has 0 saturated heterocycles. The SMILES string of the molecule is CCC[C@@H](C)C(C)(C=O)/C=C(/C)COC(=O)/C(=C/C(=C(/C)CC)C(C)(C)C)N(C)C. The molecule has 30 heavy (non-hydrogen) atoms. The third kappa shape index (κ3) is 8.49. The van der Waals surface area contributed by atoms with Gasteiger partial charge in [0.25, 0.3) is 0 Å². The molecule has 0 aliphatic heterocycles. The zero-order valence-electron chi connectivity index (χ0n) is 21.3. The molecule has 0 aliphatic rings. The van der Waals surface area contributed by atoms with Crippen molar-refractivity contribution >= 4 is 12.3 Å². The lowest BCUT2D eigenvalue weighted by molar-refractivity contribution is -0.139. The molecule has 0 radical (unpaired) electrons. The number of allylic oxidation sites excluding steroid dienone is 4. The predicted octanol–water partition coefficient (Wildman–Crippen LogP) is 6.34. The first-order chi connectivity index (χ1) is 13.7. The van der Waals surface area contributed by atoms with E-state index in [2.05, 4.69) is 48.5 Å². The Morgan fingerprint density at radius 1 is 1.10 bits per heavy atom. The Kier molecular flexibility index (Phi) is 11.4. The van der Waals surface area contributed by atoms with Crippen LogP contribution in [0.2, 0.25) is 0 Å². The Morgan fingerprint density at radius 2 is 1.67 bits per heavy atom. The van der Waals surface area contributed by atoms with Crippen molar-refractivity contribution in [3.05, 3.63) is 34.6 Å². The van der Waals surface area contributed by atoms with E-state index in [4.69, 9.17) is 4.74 Å². The van der Waals surface area contributed by atoms with Crippen LogP contribution in [0.1, 0.15) is 81.6 Å². The van der Waals surface area contributed by atoms with Gasteiger partial charge in [0.2, 0.25) is 0 Å². The molecule has 1 unspecified atom stereocenters. The van der Waals surface area contributed by atoms with Gasteiger partial charge in [0, 0.05) is 19.5 Å². The number of ether oxygens (including phenoxy) is 1. The highest BCUT2D eigenvalue weighted by Crippen LogP contribution is 2.32. The molecular weight excluding hydrogens is 374 g/mol. The highest BCUT2D eigenvalue weighted by atomic mass is 16.5. The molecule has 0 fully saturated rings. The molecule has 4 nitrogen and oxygen atoms in total. The lowest BCUT2D eigenvalue weighted by Gasteiger charge is -2.28. The molecule has 0 aliphatic carbocycles. The lowest BCUT2D eigenvalue weighted by atomic mass is 9.76. The number of carbonyl (C=O) groups is 2. The standard InChI is InChI=1S/C26H45NO3/c1-12-14-21(5)26(9,18-28)16-19(3)17-30-24(29)23(27(10)11)15-22(20(4)13-2)25(6,7)8/h15-16,18,21H,12-14,17H2,1-11H3/b19-16-,22-20+,23-15-/t21-,26?/m1/s1. The van der Waals surface area contributed by atoms with Crippen molar-refractivity contribution in [2.75, 3.05) is 20.7 Å². The molecule has 0 rings (SSSR count). The third-order valence-corrected chi connectivity index (χ3v) is 5.80. The van der Waals surface area contributed by atoms with E-state index in [0.717, 1.165) is 36.7 Å². The maximum atomic E-state index is 12.9. The van der Waals surface area contributed by atoms with Gasteiger partial charge in [-0.25, -0.2) is 4.79 Å². The minimum Gasteiger partial charge on any atom is -0.457 e. The van der Waals surface area contributed by atoms with Crippen LogP contribution in [-0.4, -0.2) is 37.9 Å². The molecule has 4 heteroatoms. The Morgan fingerprint density at radius 3 is 2.07 bits per heavy atom. The Bertz CT molecular complexity index is 677. The summed E-state index contributed by atoms with van der Waals surface area (Å²) in [5.41, 5.74) is 3.21. The molecule has 0 saturated carbocycles. The van der Waals surface area contributed by atoms with Gasteiger partial charge in [-0.15, -0.1) is 0 Å². The van der Waals surface area contributed by atoms with E-state index >= 15 is 0 Å². The van der Waals surface area contributed by atoms with Crippen LogP contribution in [-0.2, 0) is 14.3 Å². The number of hydrogen-bond donors (Lipinski definition) is 0. The van der Waals surface area contributed by atoms with E-state index < -0.39 is 5.41 Å². The van der Waals surface area contributed by atoms with E-state index in [1.54, 1.807) is 4.90 Å². The van der Waals surface area contributed by atoms with Crippen LogP contribution in [0.5, 0.6) is 0 Å². The van der Waals surface area contributed by atoms with E-state index in [1.165, 1.54) is 5.57 Å². The van der Waals surface area contributed by atoms with Gasteiger partial charge in [0.15, 0.2) is 0 Å². The van der Waals surface area contributed by atoms with Crippen LogP contribution >= 0.6 is 0 Å². The van der Waals surface area contributed by atoms with Gasteiger partial charge in [-0.3, -0.25) is 0 Å². The fraction of sp³-hybridized carbons (Fsp3) is 0.692. The summed E-state index contributed by atoms with van der Waals surface area (Å²) >= 11 is 0. The van der Waals surface area contributed by atoms with Crippen molar-refractivity contribution in [1.29, 1.82) is 0 Å². The van der Waals surface area contributed by atoms with Gasteiger partial charge in [-0.05, 0) is 62.2 Å². The number of rotatable bonds is 11. The number of nitrogens with zero attached hydrogens (tertiary/aromatic N) is 1. The van der Waals surface area contributed by atoms with Crippen molar-refractivity contribution in [2.24, 2.45) is 16.7 Å². The molecule has 0 spiro atoms. The molecule has 0 aromatic rings. The minimum absolute atomic E-state index is 0.0708. The monoisotopic (exact) mass is 419 g/mol. The second kappa shape index (κ2) is 12.1. The minimum atomic E-state index is -0.549. The fourth-order valence-electron chi connectivity index (χ4n) is 3.54. The quantitative estimate of drug-likeness (QED) is 0.129. The summed E-state index contributed by atoms with van der Waals surface area (Å²) in [4.78, 5) is 26.4. The van der Waals surface area contributed by atoms with Crippen LogP contribution < -0.4 is 0 Å². The Balaban J connectivity index is 5.66. The maximum absolute atomic E-state index is 12.9. The van der Waals surface area contributed by atoms with Crippen molar-refractivity contribution in [1.82, 2.24) is 4.90 Å². The molecule has 0 aromatic heterocycles. The lowest BCUT2D eigenvalue weighted by Crippen LogP contribution is -2.26. The summed E-state index contributed by atoms with van der Waals surface area (Å²) in [5.74, 6) is -0.118. The maximum Gasteiger partial charge on any atom is 0.354 e. The van der Waals surface area contributed by atoms with Crippen LogP contribution in [0.15, 0.2) is 34.6 Å². The summed E-state index contributed by atoms with van der Waals surface area (Å²) in [7, 11) is 3.71. The number of esters is 1. The molecule has 172 valence electrons. The first kappa shape index (κ1) is 28.2. The van der Waals surface area contributed by atoms with E-state index in [1.807, 2.05) is 40.1 Å². The van der Waals surface area contributed by atoms with Crippen molar-refractivity contribution in [3.8, 4) is 0 Å². The topological polar surface area (TPSA) is 46.6 Å².